The number of anilines is 1. The van der Waals surface area contributed by atoms with Gasteiger partial charge in [-0.25, -0.2) is 0 Å². The van der Waals surface area contributed by atoms with Gasteiger partial charge in [0, 0.05) is 4.88 Å². The zero-order valence-electron chi connectivity index (χ0n) is 9.03. The molecule has 4 heteroatoms. The maximum Gasteiger partial charge on any atom is 0.149 e. The number of nitrogen functional groups attached to an aromatic ring is 1. The number of nitrogens with zero attached hydrogens (tertiary/aromatic N) is 2. The molecule has 0 fully saturated rings. The Balaban J connectivity index is 2.59. The molecule has 0 amide bonds. The molecule has 0 aromatic carbocycles. The summed E-state index contributed by atoms with van der Waals surface area (Å²) in [7, 11) is 0. The van der Waals surface area contributed by atoms with Gasteiger partial charge in [0.25, 0.3) is 0 Å². The lowest BCUT2D eigenvalue weighted by Gasteiger charge is -2.06. The van der Waals surface area contributed by atoms with Crippen molar-refractivity contribution in [1.82, 2.24) is 10.2 Å². The van der Waals surface area contributed by atoms with E-state index in [1.807, 2.05) is 13.8 Å². The van der Waals surface area contributed by atoms with E-state index in [2.05, 4.69) is 29.3 Å². The van der Waals surface area contributed by atoms with Crippen LogP contribution in [0.5, 0.6) is 0 Å². The Kier molecular flexibility index (Phi) is 2.44. The molecule has 0 spiro atoms. The van der Waals surface area contributed by atoms with Gasteiger partial charge in [-0.3, -0.25) is 0 Å². The summed E-state index contributed by atoms with van der Waals surface area (Å²) in [6, 6.07) is 4.17. The van der Waals surface area contributed by atoms with E-state index in [4.69, 9.17) is 5.73 Å². The van der Waals surface area contributed by atoms with Crippen LogP contribution in [-0.4, -0.2) is 10.2 Å². The van der Waals surface area contributed by atoms with E-state index < -0.39 is 0 Å². The second-order valence-corrected chi connectivity index (χ2v) is 4.88. The van der Waals surface area contributed by atoms with E-state index >= 15 is 0 Å². The number of nitrogens with two attached hydrogens (primary N) is 1. The fourth-order valence-corrected chi connectivity index (χ4v) is 2.33. The average molecular weight is 219 g/mol. The van der Waals surface area contributed by atoms with Crippen molar-refractivity contribution in [2.24, 2.45) is 0 Å². The van der Waals surface area contributed by atoms with Crippen LogP contribution in [0.15, 0.2) is 12.1 Å². The van der Waals surface area contributed by atoms with Crippen molar-refractivity contribution in [3.8, 4) is 10.6 Å². The maximum atomic E-state index is 5.70. The third kappa shape index (κ3) is 1.72. The fraction of sp³-hybridized carbons (Fsp3) is 0.273. The van der Waals surface area contributed by atoms with Crippen LogP contribution in [0.3, 0.4) is 0 Å². The van der Waals surface area contributed by atoms with Crippen LogP contribution in [0.1, 0.15) is 16.0 Å². The largest absolute Gasteiger partial charge is 0.382 e. The molecular formula is C11H13N3S. The van der Waals surface area contributed by atoms with Gasteiger partial charge in [0.2, 0.25) is 0 Å². The molecular weight excluding hydrogens is 206 g/mol. The smallest absolute Gasteiger partial charge is 0.149 e. The Morgan fingerprint density at radius 2 is 1.80 bits per heavy atom. The summed E-state index contributed by atoms with van der Waals surface area (Å²) >= 11 is 1.73. The second-order valence-electron chi connectivity index (χ2n) is 3.59. The van der Waals surface area contributed by atoms with Crippen molar-refractivity contribution >= 4 is 17.2 Å². The third-order valence-electron chi connectivity index (χ3n) is 2.53. The normalized spacial score (nSPS) is 10.6. The number of aryl methyl sites for hydroxylation is 1. The molecule has 0 aliphatic carbocycles. The number of rotatable bonds is 1. The second kappa shape index (κ2) is 3.62. The molecule has 2 N–H and O–H groups in total. The Morgan fingerprint density at radius 1 is 1.07 bits per heavy atom. The van der Waals surface area contributed by atoms with Crippen LogP contribution < -0.4 is 5.73 Å². The number of aromatic nitrogens is 2. The van der Waals surface area contributed by atoms with Crippen LogP contribution >= 0.6 is 11.3 Å². The Labute approximate surface area is 93.0 Å². The first-order valence-electron chi connectivity index (χ1n) is 4.75. The van der Waals surface area contributed by atoms with Gasteiger partial charge in [0.1, 0.15) is 11.5 Å². The molecule has 78 valence electrons. The highest BCUT2D eigenvalue weighted by Crippen LogP contribution is 2.30. The van der Waals surface area contributed by atoms with E-state index in [-0.39, 0.29) is 0 Å². The Morgan fingerprint density at radius 3 is 2.40 bits per heavy atom. The van der Waals surface area contributed by atoms with Crippen molar-refractivity contribution in [2.75, 3.05) is 5.73 Å². The predicted octanol–water partition coefficient (Wildman–Crippen LogP) is 2.71. The summed E-state index contributed by atoms with van der Waals surface area (Å²) in [4.78, 5) is 2.43. The molecule has 0 saturated heterocycles. The van der Waals surface area contributed by atoms with Crippen LogP contribution in [0.2, 0.25) is 0 Å². The SMILES string of the molecule is Cc1ccc(-c2nnc(N)c(C)c2C)s1. The number of hydrogen-bond donors (Lipinski definition) is 1. The predicted molar refractivity (Wildman–Crippen MR) is 64.0 cm³/mol. The van der Waals surface area contributed by atoms with Gasteiger partial charge in [-0.15, -0.1) is 21.5 Å². The van der Waals surface area contributed by atoms with Gasteiger partial charge in [-0.2, -0.15) is 0 Å². The average Bonchev–Trinajstić information content (AvgIpc) is 2.61. The van der Waals surface area contributed by atoms with Gasteiger partial charge >= 0.3 is 0 Å². The van der Waals surface area contributed by atoms with Crippen LogP contribution in [0, 0.1) is 20.8 Å². The summed E-state index contributed by atoms with van der Waals surface area (Å²) in [5.74, 6) is 0.518. The van der Waals surface area contributed by atoms with Gasteiger partial charge in [-0.05, 0) is 44.0 Å². The van der Waals surface area contributed by atoms with Crippen LogP contribution in [0.4, 0.5) is 5.82 Å². The van der Waals surface area contributed by atoms with Crippen molar-refractivity contribution in [3.63, 3.8) is 0 Å². The highest BCUT2D eigenvalue weighted by atomic mass is 32.1. The molecule has 0 radical (unpaired) electrons. The molecule has 15 heavy (non-hydrogen) atoms. The van der Waals surface area contributed by atoms with Gasteiger partial charge < -0.3 is 5.73 Å². The molecule has 0 saturated carbocycles. The first kappa shape index (κ1) is 10.1. The summed E-state index contributed by atoms with van der Waals surface area (Å²) < 4.78 is 0. The van der Waals surface area contributed by atoms with Crippen molar-refractivity contribution in [2.45, 2.75) is 20.8 Å². The molecule has 3 nitrogen and oxygen atoms in total. The molecule has 0 bridgehead atoms. The van der Waals surface area contributed by atoms with E-state index in [0.29, 0.717) is 5.82 Å². The summed E-state index contributed by atoms with van der Waals surface area (Å²) in [6.45, 7) is 6.09. The third-order valence-corrected chi connectivity index (χ3v) is 3.54. The standard InChI is InChI=1S/C11H13N3S/c1-6-4-5-9(15-6)10-7(2)8(3)11(12)14-13-10/h4-5H,1-3H3,(H2,12,14). The molecule has 0 aliphatic rings. The minimum absolute atomic E-state index is 0.518. The minimum atomic E-state index is 0.518. The minimum Gasteiger partial charge on any atom is -0.382 e. The first-order valence-corrected chi connectivity index (χ1v) is 5.57. The highest BCUT2D eigenvalue weighted by Gasteiger charge is 2.10. The highest BCUT2D eigenvalue weighted by molar-refractivity contribution is 7.15. The molecule has 2 rings (SSSR count). The van der Waals surface area contributed by atoms with Crippen LogP contribution in [0.25, 0.3) is 10.6 Å². The van der Waals surface area contributed by atoms with Crippen LogP contribution in [-0.2, 0) is 0 Å². The zero-order valence-corrected chi connectivity index (χ0v) is 9.85. The maximum absolute atomic E-state index is 5.70. The fourth-order valence-electron chi connectivity index (χ4n) is 1.42. The molecule has 2 heterocycles. The molecule has 0 unspecified atom stereocenters. The van der Waals surface area contributed by atoms with E-state index in [1.165, 1.54) is 4.88 Å². The van der Waals surface area contributed by atoms with E-state index in [9.17, 15) is 0 Å². The Hall–Kier alpha value is -1.42. The molecule has 0 aliphatic heterocycles. The molecule has 0 atom stereocenters. The van der Waals surface area contributed by atoms with Gasteiger partial charge in [0.15, 0.2) is 0 Å². The van der Waals surface area contributed by atoms with Crippen molar-refractivity contribution < 1.29 is 0 Å². The lowest BCUT2D eigenvalue weighted by molar-refractivity contribution is 1.02. The Bertz CT molecular complexity index is 503. The van der Waals surface area contributed by atoms with Gasteiger partial charge in [0.05, 0.1) is 4.88 Å². The van der Waals surface area contributed by atoms with E-state index in [1.54, 1.807) is 11.3 Å². The number of hydrogen-bond acceptors (Lipinski definition) is 4. The lowest BCUT2D eigenvalue weighted by Crippen LogP contribution is -2.01. The monoisotopic (exact) mass is 219 g/mol. The molecule has 2 aromatic heterocycles. The molecule has 2 aromatic rings. The topological polar surface area (TPSA) is 51.8 Å². The number of thiophene rings is 1. The van der Waals surface area contributed by atoms with Crippen molar-refractivity contribution in [3.05, 3.63) is 28.1 Å². The summed E-state index contributed by atoms with van der Waals surface area (Å²) in [6.07, 6.45) is 0. The van der Waals surface area contributed by atoms with Gasteiger partial charge in [-0.1, -0.05) is 0 Å². The van der Waals surface area contributed by atoms with Crippen molar-refractivity contribution in [1.29, 1.82) is 0 Å². The summed E-state index contributed by atoms with van der Waals surface area (Å²) in [5, 5.41) is 8.12. The first-order chi connectivity index (χ1) is 7.09. The summed E-state index contributed by atoms with van der Waals surface area (Å²) in [5.41, 5.74) is 8.78. The lowest BCUT2D eigenvalue weighted by atomic mass is 10.1. The zero-order chi connectivity index (χ0) is 11.0. The quantitative estimate of drug-likeness (QED) is 0.802. The van der Waals surface area contributed by atoms with E-state index in [0.717, 1.165) is 21.7 Å².